The van der Waals surface area contributed by atoms with Gasteiger partial charge in [-0.1, -0.05) is 6.07 Å². The summed E-state index contributed by atoms with van der Waals surface area (Å²) in [7, 11) is 3.56. The summed E-state index contributed by atoms with van der Waals surface area (Å²) in [5, 5.41) is 83.6. The molecule has 8 atom stereocenters. The first-order valence-electron chi connectivity index (χ1n) is 15.3. The fourth-order valence-corrected chi connectivity index (χ4v) is 7.86. The van der Waals surface area contributed by atoms with Crippen molar-refractivity contribution in [2.75, 3.05) is 26.6 Å². The smallest absolute Gasteiger partial charge is 0.339 e. The third-order valence-corrected chi connectivity index (χ3v) is 10.1. The number of Topliss-reactive ketones (excluding diaryl/α,β-unsaturated/α-hetero) is 2. The number of ketones is 2. The van der Waals surface area contributed by atoms with Crippen molar-refractivity contribution in [3.8, 4) is 17.2 Å². The summed E-state index contributed by atoms with van der Waals surface area (Å²) in [5.41, 5.74) is -9.92. The Labute approximate surface area is 282 Å². The summed E-state index contributed by atoms with van der Waals surface area (Å²) in [5.74, 6) is -7.16. The Kier molecular flexibility index (Phi) is 8.38. The van der Waals surface area contributed by atoms with Crippen molar-refractivity contribution in [3.05, 3.63) is 56.5 Å². The molecule has 8 N–H and O–H groups in total. The number of ether oxygens (including phenoxy) is 4. The number of nitrogens with zero attached hydrogens (tertiary/aromatic N) is 1. The third kappa shape index (κ3) is 4.35. The highest BCUT2D eigenvalue weighted by Gasteiger charge is 2.72. The molecular weight excluding hydrogens is 664 g/mol. The number of carboxylic acid groups (broad SMARTS) is 1. The van der Waals surface area contributed by atoms with Gasteiger partial charge < -0.3 is 60.0 Å². The maximum absolute atomic E-state index is 14.6. The zero-order chi connectivity index (χ0) is 36.8. The number of carbonyl (C=O) groups excluding carboxylic acids is 2. The normalized spacial score (nSPS) is 30.4. The lowest BCUT2D eigenvalue weighted by Crippen LogP contribution is -2.73. The molecule has 3 aliphatic rings. The molecule has 1 fully saturated rings. The number of aliphatic hydroxyl groups excluding tert-OH is 2. The number of hydrogen-bond donors (Lipinski definition) is 8. The Morgan fingerprint density at radius 3 is 2.24 bits per heavy atom. The van der Waals surface area contributed by atoms with Gasteiger partial charge in [0.1, 0.15) is 46.8 Å². The Morgan fingerprint density at radius 1 is 1.00 bits per heavy atom. The summed E-state index contributed by atoms with van der Waals surface area (Å²) in [6.07, 6.45) is -7.41. The highest BCUT2D eigenvalue weighted by Crippen LogP contribution is 2.58. The number of aromatic hydroxyl groups is 3. The lowest BCUT2D eigenvalue weighted by Gasteiger charge is -2.52. The topological polar surface area (TPSA) is 271 Å². The zero-order valence-corrected chi connectivity index (χ0v) is 27.2. The van der Waals surface area contributed by atoms with Crippen LogP contribution in [0.4, 0.5) is 11.4 Å². The van der Waals surface area contributed by atoms with Gasteiger partial charge >= 0.3 is 5.97 Å². The fourth-order valence-electron chi connectivity index (χ4n) is 7.86. The number of anilines is 1. The van der Waals surface area contributed by atoms with Gasteiger partial charge in [0, 0.05) is 44.3 Å². The van der Waals surface area contributed by atoms with Gasteiger partial charge in [-0.15, -0.1) is 4.91 Å². The van der Waals surface area contributed by atoms with Crippen molar-refractivity contribution < 1.29 is 69.1 Å². The van der Waals surface area contributed by atoms with Gasteiger partial charge in [-0.25, -0.2) is 4.79 Å². The van der Waals surface area contributed by atoms with Crippen LogP contribution in [0.3, 0.4) is 0 Å². The first-order chi connectivity index (χ1) is 23.6. The summed E-state index contributed by atoms with van der Waals surface area (Å²) in [6.45, 7) is 2.97. The summed E-state index contributed by atoms with van der Waals surface area (Å²) in [4.78, 5) is 53.3. The van der Waals surface area contributed by atoms with Crippen LogP contribution in [-0.4, -0.2) is 117 Å². The number of carbonyl (C=O) groups is 3. The Balaban J connectivity index is 1.60. The monoisotopic (exact) mass is 698 g/mol. The molecule has 2 aliphatic carbocycles. The van der Waals surface area contributed by atoms with Crippen molar-refractivity contribution in [2.45, 2.75) is 68.2 Å². The van der Waals surface area contributed by atoms with E-state index in [4.69, 9.17) is 18.9 Å². The Hall–Kier alpha value is -4.75. The first-order valence-corrected chi connectivity index (χ1v) is 15.3. The average molecular weight is 699 g/mol. The second-order valence-corrected chi connectivity index (χ2v) is 12.5. The standard InChI is InChI=1S/C33H34N2O15/c1-10-6-12-7-17(36)33(49-5)29(42)20-14(28(41)32(33,45)21(12)24(39)18(10)31(43)44)8-13-19(23(20)38)15(35-46)9-16(22(13)37)34-30-27(48-4)25(40)26(47-3)11(2)50-30/h6,8-9,11,17,25-27,30,34,36-40,45H,7H2,1-5H3,(H,43,44). The van der Waals surface area contributed by atoms with Crippen LogP contribution in [0.15, 0.2) is 23.4 Å². The van der Waals surface area contributed by atoms with E-state index in [1.165, 1.54) is 27.2 Å². The minimum absolute atomic E-state index is 0.0317. The number of nitroso groups, excluding NO2 is 1. The highest BCUT2D eigenvalue weighted by atomic mass is 16.6. The van der Waals surface area contributed by atoms with Crippen LogP contribution < -0.4 is 5.32 Å². The van der Waals surface area contributed by atoms with Gasteiger partial charge in [0.05, 0.1) is 28.8 Å². The molecule has 0 saturated carbocycles. The quantitative estimate of drug-likeness (QED) is 0.128. The molecule has 0 spiro atoms. The van der Waals surface area contributed by atoms with Gasteiger partial charge in [-0.2, -0.15) is 0 Å². The number of fused-ring (bicyclic) bond motifs is 5. The molecule has 266 valence electrons. The van der Waals surface area contributed by atoms with E-state index in [2.05, 4.69) is 10.5 Å². The van der Waals surface area contributed by atoms with Crippen LogP contribution in [-0.2, 0) is 31.0 Å². The molecule has 1 saturated heterocycles. The van der Waals surface area contributed by atoms with E-state index in [1.807, 2.05) is 0 Å². The average Bonchev–Trinajstić information content (AvgIpc) is 3.04. The van der Waals surface area contributed by atoms with Gasteiger partial charge in [0.15, 0.2) is 17.4 Å². The molecule has 1 heterocycles. The van der Waals surface area contributed by atoms with E-state index in [9.17, 15) is 55.0 Å². The molecule has 3 aromatic rings. The van der Waals surface area contributed by atoms with E-state index in [0.717, 1.165) is 19.2 Å². The summed E-state index contributed by atoms with van der Waals surface area (Å²) in [6, 6.07) is 3.15. The van der Waals surface area contributed by atoms with Gasteiger partial charge in [-0.05, 0) is 42.3 Å². The number of phenolic OH excluding ortho intramolecular Hbond substituents is 2. The van der Waals surface area contributed by atoms with E-state index in [1.54, 1.807) is 6.92 Å². The van der Waals surface area contributed by atoms with Gasteiger partial charge in [-0.3, -0.25) is 9.59 Å². The van der Waals surface area contributed by atoms with Crippen molar-refractivity contribution in [1.29, 1.82) is 0 Å². The van der Waals surface area contributed by atoms with E-state index in [-0.39, 0.29) is 16.8 Å². The molecule has 0 bridgehead atoms. The third-order valence-electron chi connectivity index (χ3n) is 10.1. The zero-order valence-electron chi connectivity index (χ0n) is 27.2. The molecule has 6 rings (SSSR count). The van der Waals surface area contributed by atoms with E-state index < -0.39 is 128 Å². The van der Waals surface area contributed by atoms with Crippen LogP contribution >= 0.6 is 0 Å². The maximum Gasteiger partial charge on any atom is 0.339 e. The largest absolute Gasteiger partial charge is 0.507 e. The van der Waals surface area contributed by atoms with E-state index in [0.29, 0.717) is 0 Å². The molecule has 17 heteroatoms. The minimum atomic E-state index is -3.27. The molecule has 0 amide bonds. The number of aliphatic hydroxyl groups is 3. The summed E-state index contributed by atoms with van der Waals surface area (Å²) >= 11 is 0. The molecule has 8 unspecified atom stereocenters. The molecule has 17 nitrogen and oxygen atoms in total. The number of nitrogens with one attached hydrogen (secondary N) is 1. The lowest BCUT2D eigenvalue weighted by atomic mass is 9.57. The number of benzene rings is 3. The van der Waals surface area contributed by atoms with Crippen molar-refractivity contribution in [2.24, 2.45) is 5.18 Å². The number of carboxylic acids is 1. The van der Waals surface area contributed by atoms with Crippen LogP contribution in [0.25, 0.3) is 10.8 Å². The second-order valence-electron chi connectivity index (χ2n) is 12.5. The fraction of sp³-hybridized carbons (Fsp3) is 0.424. The van der Waals surface area contributed by atoms with Crippen LogP contribution in [0, 0.1) is 11.8 Å². The van der Waals surface area contributed by atoms with Crippen molar-refractivity contribution >= 4 is 39.7 Å². The Morgan fingerprint density at radius 2 is 1.66 bits per heavy atom. The van der Waals surface area contributed by atoms with Crippen LogP contribution in [0.5, 0.6) is 17.2 Å². The van der Waals surface area contributed by atoms with Crippen molar-refractivity contribution in [1.82, 2.24) is 0 Å². The highest BCUT2D eigenvalue weighted by molar-refractivity contribution is 6.27. The second kappa shape index (κ2) is 11.9. The number of aromatic carboxylic acids is 1. The SMILES string of the molecule is COC1C(C)OC(Nc2cc(N=O)c3c(O)c4c(cc3c2O)C(=O)C2(O)c3c(cc(C)c(C(=O)O)c3O)CC(O)C2(OC)C4=O)C(OC)C1O. The molecule has 50 heavy (non-hydrogen) atoms. The summed E-state index contributed by atoms with van der Waals surface area (Å²) < 4.78 is 22.1. The Bertz CT molecular complexity index is 2000. The molecule has 1 aliphatic heterocycles. The lowest BCUT2D eigenvalue weighted by molar-refractivity contribution is -0.223. The number of rotatable bonds is 7. The van der Waals surface area contributed by atoms with Gasteiger partial charge in [0.25, 0.3) is 0 Å². The number of methoxy groups -OCH3 is 3. The molecule has 0 radical (unpaired) electrons. The first kappa shape index (κ1) is 35.1. The van der Waals surface area contributed by atoms with Crippen LogP contribution in [0.1, 0.15) is 54.7 Å². The number of phenols is 3. The predicted octanol–water partition coefficient (Wildman–Crippen LogP) is 1.48. The molecule has 3 aromatic carbocycles. The van der Waals surface area contributed by atoms with Gasteiger partial charge in [0.2, 0.25) is 11.6 Å². The minimum Gasteiger partial charge on any atom is -0.507 e. The molecular formula is C33H34N2O15. The van der Waals surface area contributed by atoms with Crippen LogP contribution in [0.2, 0.25) is 0 Å². The van der Waals surface area contributed by atoms with E-state index >= 15 is 0 Å². The molecule has 0 aromatic heterocycles. The number of aryl methyl sites for hydroxylation is 1. The maximum atomic E-state index is 14.6. The number of hydrogen-bond acceptors (Lipinski definition) is 16. The predicted molar refractivity (Wildman–Crippen MR) is 170 cm³/mol. The van der Waals surface area contributed by atoms with Crippen molar-refractivity contribution in [3.63, 3.8) is 0 Å².